The minimum atomic E-state index is -0.360. The number of aromatic nitrogens is 2. The van der Waals surface area contributed by atoms with Gasteiger partial charge in [0.15, 0.2) is 0 Å². The number of rotatable bonds is 5. The zero-order chi connectivity index (χ0) is 22.0. The largest absolute Gasteiger partial charge is 0.362 e. The normalized spacial score (nSPS) is 14.0. The molecule has 1 aromatic heterocycles. The molecule has 1 amide bonds. The Morgan fingerprint density at radius 1 is 1.00 bits per heavy atom. The van der Waals surface area contributed by atoms with E-state index in [0.717, 1.165) is 17.0 Å². The Kier molecular flexibility index (Phi) is 5.70. The Morgan fingerprint density at radius 3 is 2.32 bits per heavy atom. The van der Waals surface area contributed by atoms with Gasteiger partial charge in [0.2, 0.25) is 0 Å². The number of nitro groups is 1. The minimum absolute atomic E-state index is 0.0310. The highest BCUT2D eigenvalue weighted by atomic mass is 16.6. The number of hydrogen-bond donors (Lipinski definition) is 0. The second-order valence-electron chi connectivity index (χ2n) is 7.71. The molecular weight excluding hydrogens is 394 g/mol. The summed E-state index contributed by atoms with van der Waals surface area (Å²) < 4.78 is 1.88. The van der Waals surface area contributed by atoms with Crippen LogP contribution in [0.25, 0.3) is 0 Å². The number of carbonyl (C=O) groups is 1. The van der Waals surface area contributed by atoms with Crippen molar-refractivity contribution in [2.24, 2.45) is 0 Å². The van der Waals surface area contributed by atoms with Gasteiger partial charge in [0.1, 0.15) is 5.69 Å². The van der Waals surface area contributed by atoms with Crippen LogP contribution in [0.5, 0.6) is 0 Å². The molecule has 4 rings (SSSR count). The van der Waals surface area contributed by atoms with Gasteiger partial charge in [0, 0.05) is 37.9 Å². The Labute approximate surface area is 180 Å². The molecule has 1 saturated heterocycles. The van der Waals surface area contributed by atoms with Crippen LogP contribution in [0.3, 0.4) is 0 Å². The Hall–Kier alpha value is -3.68. The molecule has 0 aliphatic carbocycles. The SMILES string of the molecule is Cc1nn(Cc2ccccc2)c(C)c1C(=O)N1CCN(c2ccccc2[N+](=O)[O-])CC1. The molecule has 0 spiro atoms. The lowest BCUT2D eigenvalue weighted by Crippen LogP contribution is -2.49. The third kappa shape index (κ3) is 4.14. The monoisotopic (exact) mass is 419 g/mol. The summed E-state index contributed by atoms with van der Waals surface area (Å²) in [7, 11) is 0. The average Bonchev–Trinajstić information content (AvgIpc) is 3.06. The molecule has 2 heterocycles. The molecule has 0 bridgehead atoms. The van der Waals surface area contributed by atoms with Crippen molar-refractivity contribution in [2.75, 3.05) is 31.1 Å². The van der Waals surface area contributed by atoms with Gasteiger partial charge in [-0.25, -0.2) is 0 Å². The van der Waals surface area contributed by atoms with Crippen molar-refractivity contribution >= 4 is 17.3 Å². The molecule has 1 aliphatic heterocycles. The fourth-order valence-corrected chi connectivity index (χ4v) is 4.11. The predicted molar refractivity (Wildman–Crippen MR) is 118 cm³/mol. The van der Waals surface area contributed by atoms with Gasteiger partial charge in [-0.15, -0.1) is 0 Å². The van der Waals surface area contributed by atoms with E-state index < -0.39 is 0 Å². The van der Waals surface area contributed by atoms with Gasteiger partial charge in [-0.3, -0.25) is 19.6 Å². The summed E-state index contributed by atoms with van der Waals surface area (Å²) in [5, 5.41) is 15.9. The van der Waals surface area contributed by atoms with Crippen LogP contribution < -0.4 is 4.90 Å². The first kappa shape index (κ1) is 20.6. The maximum atomic E-state index is 13.3. The van der Waals surface area contributed by atoms with Gasteiger partial charge >= 0.3 is 0 Å². The van der Waals surface area contributed by atoms with Gasteiger partial charge in [0.05, 0.1) is 22.7 Å². The number of para-hydroxylation sites is 2. The molecule has 8 heteroatoms. The number of benzene rings is 2. The second-order valence-corrected chi connectivity index (χ2v) is 7.71. The highest BCUT2D eigenvalue weighted by Crippen LogP contribution is 2.28. The van der Waals surface area contributed by atoms with Crippen molar-refractivity contribution in [3.63, 3.8) is 0 Å². The van der Waals surface area contributed by atoms with Crippen LogP contribution in [0.4, 0.5) is 11.4 Å². The van der Waals surface area contributed by atoms with Crippen LogP contribution in [0.1, 0.15) is 27.3 Å². The number of amides is 1. The fourth-order valence-electron chi connectivity index (χ4n) is 4.11. The number of piperazine rings is 1. The van der Waals surface area contributed by atoms with Crippen molar-refractivity contribution in [3.8, 4) is 0 Å². The third-order valence-corrected chi connectivity index (χ3v) is 5.76. The zero-order valence-electron chi connectivity index (χ0n) is 17.7. The number of nitro benzene ring substituents is 1. The Balaban J connectivity index is 1.48. The van der Waals surface area contributed by atoms with Crippen LogP contribution >= 0.6 is 0 Å². The molecule has 1 fully saturated rings. The van der Waals surface area contributed by atoms with Gasteiger partial charge in [-0.05, 0) is 25.5 Å². The van der Waals surface area contributed by atoms with Crippen LogP contribution in [0, 0.1) is 24.0 Å². The van der Waals surface area contributed by atoms with Gasteiger partial charge in [-0.2, -0.15) is 5.10 Å². The molecule has 160 valence electrons. The molecule has 0 unspecified atom stereocenters. The molecule has 0 saturated carbocycles. The minimum Gasteiger partial charge on any atom is -0.362 e. The number of carbonyl (C=O) groups excluding carboxylic acids is 1. The fraction of sp³-hybridized carbons (Fsp3) is 0.304. The predicted octanol–water partition coefficient (Wildman–Crippen LogP) is 3.42. The summed E-state index contributed by atoms with van der Waals surface area (Å²) in [4.78, 5) is 28.0. The van der Waals surface area contributed by atoms with E-state index in [0.29, 0.717) is 44.0 Å². The van der Waals surface area contributed by atoms with Crippen molar-refractivity contribution in [1.82, 2.24) is 14.7 Å². The van der Waals surface area contributed by atoms with E-state index >= 15 is 0 Å². The maximum absolute atomic E-state index is 13.3. The van der Waals surface area contributed by atoms with Crippen LogP contribution in [0.2, 0.25) is 0 Å². The first-order valence-electron chi connectivity index (χ1n) is 10.3. The summed E-state index contributed by atoms with van der Waals surface area (Å²) in [5.74, 6) is -0.0310. The van der Waals surface area contributed by atoms with Gasteiger partial charge in [0.25, 0.3) is 11.6 Å². The summed E-state index contributed by atoms with van der Waals surface area (Å²) >= 11 is 0. The lowest BCUT2D eigenvalue weighted by atomic mass is 10.1. The number of aryl methyl sites for hydroxylation is 1. The van der Waals surface area contributed by atoms with E-state index in [-0.39, 0.29) is 16.5 Å². The van der Waals surface area contributed by atoms with Crippen LogP contribution in [-0.2, 0) is 6.54 Å². The van der Waals surface area contributed by atoms with Gasteiger partial charge in [-0.1, -0.05) is 42.5 Å². The van der Waals surface area contributed by atoms with E-state index in [4.69, 9.17) is 0 Å². The van der Waals surface area contributed by atoms with Crippen molar-refractivity contribution in [1.29, 1.82) is 0 Å². The molecular formula is C23H25N5O3. The Bertz CT molecular complexity index is 1100. The van der Waals surface area contributed by atoms with E-state index in [9.17, 15) is 14.9 Å². The summed E-state index contributed by atoms with van der Waals surface area (Å²) in [6.45, 7) is 6.53. The zero-order valence-corrected chi connectivity index (χ0v) is 17.7. The van der Waals surface area contributed by atoms with Gasteiger partial charge < -0.3 is 9.80 Å². The van der Waals surface area contributed by atoms with Crippen molar-refractivity contribution in [3.05, 3.63) is 87.2 Å². The highest BCUT2D eigenvalue weighted by Gasteiger charge is 2.29. The number of hydrogen-bond acceptors (Lipinski definition) is 5. The first-order valence-corrected chi connectivity index (χ1v) is 10.3. The topological polar surface area (TPSA) is 84.5 Å². The molecule has 0 radical (unpaired) electrons. The number of nitrogens with zero attached hydrogens (tertiary/aromatic N) is 5. The molecule has 1 aliphatic rings. The number of anilines is 1. The molecule has 31 heavy (non-hydrogen) atoms. The lowest BCUT2D eigenvalue weighted by molar-refractivity contribution is -0.384. The van der Waals surface area contributed by atoms with Crippen molar-refractivity contribution < 1.29 is 9.72 Å². The summed E-state index contributed by atoms with van der Waals surface area (Å²) in [6.07, 6.45) is 0. The summed E-state index contributed by atoms with van der Waals surface area (Å²) in [6, 6.07) is 16.8. The smallest absolute Gasteiger partial charge is 0.292 e. The Morgan fingerprint density at radius 2 is 1.65 bits per heavy atom. The molecule has 3 aromatic rings. The summed E-state index contributed by atoms with van der Waals surface area (Å²) in [5.41, 5.74) is 4.05. The molecule has 0 atom stereocenters. The standard InChI is InChI=1S/C23H25N5O3/c1-17-22(18(2)27(24-17)16-19-8-4-3-5-9-19)23(29)26-14-12-25(13-15-26)20-10-6-7-11-21(20)28(30)31/h3-11H,12-16H2,1-2H3. The quantitative estimate of drug-likeness (QED) is 0.467. The van der Waals surface area contributed by atoms with E-state index in [2.05, 4.69) is 5.10 Å². The average molecular weight is 419 g/mol. The van der Waals surface area contributed by atoms with E-state index in [1.54, 1.807) is 18.2 Å². The highest BCUT2D eigenvalue weighted by molar-refractivity contribution is 5.96. The molecule has 8 nitrogen and oxygen atoms in total. The van der Waals surface area contributed by atoms with E-state index in [1.807, 2.05) is 58.7 Å². The molecule has 0 N–H and O–H groups in total. The third-order valence-electron chi connectivity index (χ3n) is 5.76. The van der Waals surface area contributed by atoms with Crippen LogP contribution in [0.15, 0.2) is 54.6 Å². The lowest BCUT2D eigenvalue weighted by Gasteiger charge is -2.35. The van der Waals surface area contributed by atoms with Crippen LogP contribution in [-0.4, -0.2) is 51.7 Å². The van der Waals surface area contributed by atoms with E-state index in [1.165, 1.54) is 6.07 Å². The second kappa shape index (κ2) is 8.59. The first-order chi connectivity index (χ1) is 15.0. The molecule has 2 aromatic carbocycles. The van der Waals surface area contributed by atoms with Crippen molar-refractivity contribution in [2.45, 2.75) is 20.4 Å². The maximum Gasteiger partial charge on any atom is 0.292 e.